The van der Waals surface area contributed by atoms with Crippen LogP contribution in [0, 0.1) is 18.6 Å². The van der Waals surface area contributed by atoms with Crippen LogP contribution in [0.25, 0.3) is 0 Å². The topological polar surface area (TPSA) is 24.1 Å². The van der Waals surface area contributed by atoms with Crippen molar-refractivity contribution < 1.29 is 8.78 Å². The van der Waals surface area contributed by atoms with Crippen LogP contribution in [0.2, 0.25) is 0 Å². The van der Waals surface area contributed by atoms with Gasteiger partial charge in [0.05, 0.1) is 11.7 Å². The van der Waals surface area contributed by atoms with Crippen LogP contribution in [-0.4, -0.2) is 5.11 Å². The van der Waals surface area contributed by atoms with Gasteiger partial charge in [-0.1, -0.05) is 31.2 Å². The first-order valence-electron chi connectivity index (χ1n) is 7.09. The number of hydrogen-bond acceptors (Lipinski definition) is 1. The molecule has 2 N–H and O–H groups in total. The van der Waals surface area contributed by atoms with Gasteiger partial charge in [-0.2, -0.15) is 0 Å². The molecule has 0 fully saturated rings. The Labute approximate surface area is 134 Å². The molecule has 0 aliphatic heterocycles. The average molecular weight is 320 g/mol. The van der Waals surface area contributed by atoms with Gasteiger partial charge in [0.15, 0.2) is 5.11 Å². The van der Waals surface area contributed by atoms with Crippen molar-refractivity contribution in [2.24, 2.45) is 0 Å². The SMILES string of the molecule is CC[C@@H](NC(=S)Nc1ccc(F)cc1F)c1ccccc1C. The number of hydrogen-bond donors (Lipinski definition) is 2. The normalized spacial score (nSPS) is 11.8. The molecule has 0 amide bonds. The Kier molecular flexibility index (Phi) is 5.44. The van der Waals surface area contributed by atoms with Crippen LogP contribution in [-0.2, 0) is 0 Å². The Morgan fingerprint density at radius 3 is 2.55 bits per heavy atom. The van der Waals surface area contributed by atoms with E-state index < -0.39 is 11.6 Å². The molecular formula is C17H18F2N2S. The lowest BCUT2D eigenvalue weighted by molar-refractivity contribution is 0.585. The van der Waals surface area contributed by atoms with Crippen LogP contribution >= 0.6 is 12.2 Å². The van der Waals surface area contributed by atoms with E-state index in [-0.39, 0.29) is 11.7 Å². The van der Waals surface area contributed by atoms with Gasteiger partial charge in [-0.15, -0.1) is 0 Å². The first-order valence-corrected chi connectivity index (χ1v) is 7.50. The van der Waals surface area contributed by atoms with Gasteiger partial charge < -0.3 is 10.6 Å². The molecule has 2 aromatic rings. The Hall–Kier alpha value is -2.01. The Balaban J connectivity index is 2.08. The number of anilines is 1. The average Bonchev–Trinajstić information content (AvgIpc) is 2.48. The second-order valence-corrected chi connectivity index (χ2v) is 5.45. The summed E-state index contributed by atoms with van der Waals surface area (Å²) in [4.78, 5) is 0. The van der Waals surface area contributed by atoms with Crippen molar-refractivity contribution in [1.82, 2.24) is 5.32 Å². The number of aryl methyl sites for hydroxylation is 1. The van der Waals surface area contributed by atoms with Crippen molar-refractivity contribution in [3.05, 3.63) is 65.2 Å². The van der Waals surface area contributed by atoms with Gasteiger partial charge in [0, 0.05) is 6.07 Å². The summed E-state index contributed by atoms with van der Waals surface area (Å²) in [6.45, 7) is 4.08. The van der Waals surface area contributed by atoms with Crippen molar-refractivity contribution in [2.75, 3.05) is 5.32 Å². The van der Waals surface area contributed by atoms with E-state index in [9.17, 15) is 8.78 Å². The summed E-state index contributed by atoms with van der Waals surface area (Å²) >= 11 is 5.23. The van der Waals surface area contributed by atoms with E-state index in [1.54, 1.807) is 0 Å². The van der Waals surface area contributed by atoms with Crippen LogP contribution in [0.3, 0.4) is 0 Å². The smallest absolute Gasteiger partial charge is 0.171 e. The Morgan fingerprint density at radius 2 is 1.91 bits per heavy atom. The third-order valence-corrected chi connectivity index (χ3v) is 3.68. The third kappa shape index (κ3) is 4.01. The molecule has 1 atom stereocenters. The van der Waals surface area contributed by atoms with Crippen molar-refractivity contribution in [1.29, 1.82) is 0 Å². The number of rotatable bonds is 4. The second-order valence-electron chi connectivity index (χ2n) is 5.04. The van der Waals surface area contributed by atoms with Gasteiger partial charge in [-0.05, 0) is 48.8 Å². The zero-order valence-corrected chi connectivity index (χ0v) is 13.3. The molecule has 0 saturated carbocycles. The van der Waals surface area contributed by atoms with Crippen LogP contribution in [0.5, 0.6) is 0 Å². The second kappa shape index (κ2) is 7.31. The molecule has 0 spiro atoms. The highest BCUT2D eigenvalue weighted by molar-refractivity contribution is 7.80. The molecule has 0 unspecified atom stereocenters. The highest BCUT2D eigenvalue weighted by Gasteiger charge is 2.13. The van der Waals surface area contributed by atoms with Crippen molar-refractivity contribution in [3.63, 3.8) is 0 Å². The molecule has 2 rings (SSSR count). The molecule has 2 aromatic carbocycles. The fourth-order valence-electron chi connectivity index (χ4n) is 2.28. The summed E-state index contributed by atoms with van der Waals surface area (Å²) in [5.74, 6) is -1.29. The van der Waals surface area contributed by atoms with Crippen LogP contribution < -0.4 is 10.6 Å². The lowest BCUT2D eigenvalue weighted by Gasteiger charge is -2.21. The Morgan fingerprint density at radius 1 is 1.18 bits per heavy atom. The highest BCUT2D eigenvalue weighted by atomic mass is 32.1. The molecule has 116 valence electrons. The molecule has 0 aliphatic rings. The van der Waals surface area contributed by atoms with Crippen LogP contribution in [0.4, 0.5) is 14.5 Å². The lowest BCUT2D eigenvalue weighted by atomic mass is 10.00. The monoisotopic (exact) mass is 320 g/mol. The zero-order chi connectivity index (χ0) is 16.1. The highest BCUT2D eigenvalue weighted by Crippen LogP contribution is 2.21. The van der Waals surface area contributed by atoms with Gasteiger partial charge in [-0.25, -0.2) is 8.78 Å². The summed E-state index contributed by atoms with van der Waals surface area (Å²) in [5.41, 5.74) is 2.46. The Bertz CT molecular complexity index is 673. The van der Waals surface area contributed by atoms with Crippen LogP contribution in [0.15, 0.2) is 42.5 Å². The molecular weight excluding hydrogens is 302 g/mol. The molecule has 0 aliphatic carbocycles. The molecule has 0 radical (unpaired) electrons. The fourth-order valence-corrected chi connectivity index (χ4v) is 2.54. The van der Waals surface area contributed by atoms with Gasteiger partial charge >= 0.3 is 0 Å². The van der Waals surface area contributed by atoms with E-state index in [0.717, 1.165) is 23.6 Å². The fraction of sp³-hybridized carbons (Fsp3) is 0.235. The number of thiocarbonyl (C=S) groups is 1. The molecule has 0 aromatic heterocycles. The predicted octanol–water partition coefficient (Wildman–Crippen LogP) is 4.71. The minimum Gasteiger partial charge on any atom is -0.356 e. The minimum absolute atomic E-state index is 0.0321. The summed E-state index contributed by atoms with van der Waals surface area (Å²) in [6, 6.07) is 11.4. The first kappa shape index (κ1) is 16.4. The molecule has 2 nitrogen and oxygen atoms in total. The van der Waals surface area contributed by atoms with Crippen molar-refractivity contribution >= 4 is 23.0 Å². The standard InChI is InChI=1S/C17H18F2N2S/c1-3-15(13-7-5-4-6-11(13)2)20-17(22)21-16-9-8-12(18)10-14(16)19/h4-10,15H,3H2,1-2H3,(H2,20,21,22)/t15-/m1/s1. The summed E-state index contributed by atoms with van der Waals surface area (Å²) in [6.07, 6.45) is 0.832. The van der Waals surface area contributed by atoms with Gasteiger partial charge in [0.25, 0.3) is 0 Å². The molecule has 22 heavy (non-hydrogen) atoms. The van der Waals surface area contributed by atoms with E-state index in [1.165, 1.54) is 12.1 Å². The van der Waals surface area contributed by atoms with E-state index in [2.05, 4.69) is 10.6 Å². The molecule has 0 saturated heterocycles. The van der Waals surface area contributed by atoms with E-state index in [0.29, 0.717) is 5.11 Å². The zero-order valence-electron chi connectivity index (χ0n) is 12.5. The maximum absolute atomic E-state index is 13.6. The lowest BCUT2D eigenvalue weighted by Crippen LogP contribution is -2.32. The molecule has 0 heterocycles. The number of nitrogens with one attached hydrogen (secondary N) is 2. The molecule has 5 heteroatoms. The summed E-state index contributed by atoms with van der Waals surface area (Å²) in [5, 5.41) is 6.25. The van der Waals surface area contributed by atoms with Crippen molar-refractivity contribution in [2.45, 2.75) is 26.3 Å². The predicted molar refractivity (Wildman–Crippen MR) is 89.9 cm³/mol. The van der Waals surface area contributed by atoms with Crippen molar-refractivity contribution in [3.8, 4) is 0 Å². The van der Waals surface area contributed by atoms with Gasteiger partial charge in [-0.3, -0.25) is 0 Å². The summed E-state index contributed by atoms with van der Waals surface area (Å²) < 4.78 is 26.5. The minimum atomic E-state index is -0.673. The van der Waals surface area contributed by atoms with E-state index >= 15 is 0 Å². The first-order chi connectivity index (χ1) is 10.5. The third-order valence-electron chi connectivity index (χ3n) is 3.46. The van der Waals surface area contributed by atoms with E-state index in [1.807, 2.05) is 38.1 Å². The van der Waals surface area contributed by atoms with Gasteiger partial charge in [0.2, 0.25) is 0 Å². The molecule has 0 bridgehead atoms. The largest absolute Gasteiger partial charge is 0.356 e. The number of benzene rings is 2. The summed E-state index contributed by atoms with van der Waals surface area (Å²) in [7, 11) is 0. The van der Waals surface area contributed by atoms with Crippen LogP contribution in [0.1, 0.15) is 30.5 Å². The number of halogens is 2. The van der Waals surface area contributed by atoms with Gasteiger partial charge in [0.1, 0.15) is 11.6 Å². The van der Waals surface area contributed by atoms with E-state index in [4.69, 9.17) is 12.2 Å². The quantitative estimate of drug-likeness (QED) is 0.798. The maximum atomic E-state index is 13.6. The maximum Gasteiger partial charge on any atom is 0.171 e.